The van der Waals surface area contributed by atoms with Gasteiger partial charge in [-0.05, 0) is 119 Å². The zero-order valence-electron chi connectivity index (χ0n) is 55.1. The number of anilines is 2. The van der Waals surface area contributed by atoms with Gasteiger partial charge in [-0.25, -0.2) is 9.67 Å². The van der Waals surface area contributed by atoms with Crippen molar-refractivity contribution in [3.8, 4) is 11.1 Å². The van der Waals surface area contributed by atoms with Crippen LogP contribution in [-0.2, 0) is 62.3 Å². The Morgan fingerprint density at radius 1 is 0.723 bits per heavy atom. The van der Waals surface area contributed by atoms with Crippen LogP contribution in [0, 0.1) is 20.8 Å². The highest BCUT2D eigenvalue weighted by Crippen LogP contribution is 2.35. The highest BCUT2D eigenvalue weighted by atomic mass is 16.6. The first-order valence-electron chi connectivity index (χ1n) is 33.2. The molecule has 2 fully saturated rings. The van der Waals surface area contributed by atoms with Gasteiger partial charge in [-0.2, -0.15) is 0 Å². The highest BCUT2D eigenvalue weighted by molar-refractivity contribution is 6.25. The molecular formula is C69H92N12O13. The van der Waals surface area contributed by atoms with Gasteiger partial charge in [0.15, 0.2) is 0 Å². The van der Waals surface area contributed by atoms with E-state index in [4.69, 9.17) is 33.4 Å². The number of piperidine rings is 1. The molecule has 506 valence electrons. The Hall–Kier alpha value is -8.20. The minimum atomic E-state index is -1.02. The van der Waals surface area contributed by atoms with Crippen LogP contribution in [-0.4, -0.2) is 193 Å². The molecule has 25 heteroatoms. The number of fused-ring (bicyclic) bond motifs is 2. The molecule has 7 heterocycles. The average molecular weight is 1300 g/mol. The number of aryl methyl sites for hydroxylation is 4. The van der Waals surface area contributed by atoms with Gasteiger partial charge in [0.25, 0.3) is 23.3 Å². The third kappa shape index (κ3) is 19.0. The van der Waals surface area contributed by atoms with E-state index in [1.165, 1.54) is 0 Å². The van der Waals surface area contributed by atoms with Crippen LogP contribution in [0.25, 0.3) is 22.0 Å². The molecule has 2 unspecified atom stereocenters. The fourth-order valence-corrected chi connectivity index (χ4v) is 12.1. The summed E-state index contributed by atoms with van der Waals surface area (Å²) in [5, 5.41) is 17.9. The van der Waals surface area contributed by atoms with E-state index in [0.717, 1.165) is 107 Å². The van der Waals surface area contributed by atoms with Gasteiger partial charge in [-0.15, -0.1) is 5.10 Å². The summed E-state index contributed by atoms with van der Waals surface area (Å²) in [4.78, 5) is 103. The molecule has 25 nitrogen and oxygen atoms in total. The van der Waals surface area contributed by atoms with Gasteiger partial charge in [0.1, 0.15) is 11.9 Å². The Bertz CT molecular complexity index is 3600. The van der Waals surface area contributed by atoms with E-state index >= 15 is 0 Å². The van der Waals surface area contributed by atoms with E-state index in [0.29, 0.717) is 142 Å². The van der Waals surface area contributed by atoms with E-state index < -0.39 is 29.7 Å². The molecule has 2 saturated heterocycles. The van der Waals surface area contributed by atoms with Gasteiger partial charge in [-0.1, -0.05) is 43.9 Å². The number of aromatic nitrogens is 6. The summed E-state index contributed by atoms with van der Waals surface area (Å²) in [6.45, 7) is 19.0. The van der Waals surface area contributed by atoms with E-state index in [1.54, 1.807) is 18.2 Å². The summed E-state index contributed by atoms with van der Waals surface area (Å²) in [5.74, 6) is -1.36. The van der Waals surface area contributed by atoms with Gasteiger partial charge in [0, 0.05) is 116 Å². The van der Waals surface area contributed by atoms with E-state index in [2.05, 4.69) is 72.9 Å². The van der Waals surface area contributed by atoms with Crippen molar-refractivity contribution in [2.45, 2.75) is 130 Å². The van der Waals surface area contributed by atoms with Gasteiger partial charge >= 0.3 is 0 Å². The Labute approximate surface area is 548 Å². The van der Waals surface area contributed by atoms with E-state index in [-0.39, 0.29) is 53.9 Å². The predicted molar refractivity (Wildman–Crippen MR) is 354 cm³/mol. The van der Waals surface area contributed by atoms with E-state index in [9.17, 15) is 33.6 Å². The number of hydrogen-bond donors (Lipinski definition) is 4. The summed E-state index contributed by atoms with van der Waals surface area (Å²) >= 11 is 0. The second-order valence-corrected chi connectivity index (χ2v) is 24.2. The summed E-state index contributed by atoms with van der Waals surface area (Å²) in [6, 6.07) is 14.2. The maximum atomic E-state index is 14.0. The number of nitrogens with zero attached hydrogens (tertiary/aromatic N) is 8. The quantitative estimate of drug-likeness (QED) is 0.0222. The van der Waals surface area contributed by atoms with Crippen LogP contribution in [0.1, 0.15) is 143 Å². The largest absolute Gasteiger partial charge is 0.382 e. The number of ether oxygens (including phenoxy) is 6. The van der Waals surface area contributed by atoms with E-state index in [1.807, 2.05) is 60.9 Å². The third-order valence-corrected chi connectivity index (χ3v) is 17.4. The van der Waals surface area contributed by atoms with Gasteiger partial charge in [0.2, 0.25) is 17.7 Å². The van der Waals surface area contributed by atoms with Crippen molar-refractivity contribution < 1.29 is 57.2 Å². The molecule has 0 spiro atoms. The highest BCUT2D eigenvalue weighted by Gasteiger charge is 2.45. The number of rotatable bonds is 39. The number of amides is 6. The minimum absolute atomic E-state index is 0.0580. The molecule has 4 N–H and O–H groups in total. The smallest absolute Gasteiger partial charge is 0.264 e. The van der Waals surface area contributed by atoms with Gasteiger partial charge in [-0.3, -0.25) is 43.8 Å². The number of benzene rings is 2. The molecule has 2 atom stereocenters. The lowest BCUT2D eigenvalue weighted by Gasteiger charge is -2.35. The molecule has 3 aliphatic heterocycles. The van der Waals surface area contributed by atoms with Crippen molar-refractivity contribution in [1.29, 1.82) is 0 Å². The molecule has 0 saturated carbocycles. The van der Waals surface area contributed by atoms with Crippen molar-refractivity contribution in [3.05, 3.63) is 122 Å². The summed E-state index contributed by atoms with van der Waals surface area (Å²) in [6.07, 6.45) is 14.8. The number of carbonyl (C=O) groups excluding carboxylic acids is 6. The van der Waals surface area contributed by atoms with Crippen molar-refractivity contribution in [2.75, 3.05) is 122 Å². The lowest BCUT2D eigenvalue weighted by atomic mass is 9.98. The number of nitrogens with one attached hydrogen (secondary N) is 4. The molecular weight excluding hydrogens is 1200 g/mol. The second kappa shape index (κ2) is 35.3. The predicted octanol–water partition coefficient (Wildman–Crippen LogP) is 7.04. The summed E-state index contributed by atoms with van der Waals surface area (Å²) in [5.41, 5.74) is 8.16. The van der Waals surface area contributed by atoms with Crippen LogP contribution in [0.4, 0.5) is 11.5 Å². The SMILES string of the molecule is CCC(C)n1cc(C)c2c(C(=O)NCc3c(C)cc(C)[nH]c3=O)cc(-c3ccc(N4CCN(C(=O)CCCCCCCCc5cn(CCOCCOCCOCCOCCOCCOCCNc6cccc7c6C(=O)N(C6CCC(=O)NC6=O)C7=O)nn5)CC4)nc3)cc21. The number of aromatic amines is 1. The van der Waals surface area contributed by atoms with Crippen LogP contribution < -0.4 is 26.4 Å². The average Bonchev–Trinajstić information content (AvgIpc) is 1.60. The number of imide groups is 2. The molecule has 0 aliphatic carbocycles. The molecule has 0 bridgehead atoms. The zero-order valence-corrected chi connectivity index (χ0v) is 55.1. The van der Waals surface area contributed by atoms with Crippen molar-refractivity contribution in [3.63, 3.8) is 0 Å². The first-order chi connectivity index (χ1) is 45.7. The number of hydrogen-bond acceptors (Lipinski definition) is 18. The Morgan fingerprint density at radius 3 is 2.05 bits per heavy atom. The molecule has 6 amide bonds. The van der Waals surface area contributed by atoms with Crippen LogP contribution in [0.5, 0.6) is 0 Å². The van der Waals surface area contributed by atoms with Crippen LogP contribution in [0.2, 0.25) is 0 Å². The minimum Gasteiger partial charge on any atom is -0.382 e. The fourth-order valence-electron chi connectivity index (χ4n) is 12.1. The maximum absolute atomic E-state index is 14.0. The van der Waals surface area contributed by atoms with Crippen LogP contribution in [0.3, 0.4) is 0 Å². The molecule has 9 rings (SSSR count). The first-order valence-corrected chi connectivity index (χ1v) is 33.2. The lowest BCUT2D eigenvalue weighted by Crippen LogP contribution is -2.54. The molecule has 2 aromatic carbocycles. The molecule has 4 aromatic heterocycles. The maximum Gasteiger partial charge on any atom is 0.264 e. The van der Waals surface area contributed by atoms with Crippen LogP contribution in [0.15, 0.2) is 71.9 Å². The number of piperazine rings is 1. The number of carbonyl (C=O) groups is 6. The standard InChI is InChI=1S/C69H92N12O13/c1-6-50(5)80-45-48(3)63-55(65(84)72-44-56-47(2)40-49(4)73-66(56)85)41-52(42-59(63)80)51-18-20-60(71-43-51)77-23-25-78(26-24-77)62(83)17-12-10-8-7-9-11-14-53-46-79(76-75-53)27-29-90-31-33-92-35-37-94-39-38-93-36-34-91-32-30-89-28-22-70-57-16-13-15-54-64(57)69(88)81(68(54)87)58-19-21-61(82)74-67(58)86/h13,15-16,18,20,40-43,45-46,50,58,70H,6-12,14,17,19,21-39,44H2,1-5H3,(H,72,84)(H,73,85)(H,74,82,86). The monoisotopic (exact) mass is 1300 g/mol. The first kappa shape index (κ1) is 70.1. The Balaban J connectivity index is 0.541. The number of unbranched alkanes of at least 4 members (excludes halogenated alkanes) is 5. The Morgan fingerprint density at radius 2 is 1.39 bits per heavy atom. The van der Waals surface area contributed by atoms with Gasteiger partial charge < -0.3 is 58.4 Å². The second-order valence-electron chi connectivity index (χ2n) is 24.2. The number of H-pyrrole nitrogens is 1. The lowest BCUT2D eigenvalue weighted by molar-refractivity contribution is -0.136. The zero-order chi connectivity index (χ0) is 66.3. The van der Waals surface area contributed by atoms with Crippen molar-refractivity contribution >= 4 is 57.9 Å². The van der Waals surface area contributed by atoms with Crippen LogP contribution >= 0.6 is 0 Å². The summed E-state index contributed by atoms with van der Waals surface area (Å²) < 4.78 is 37.8. The topological polar surface area (TPSA) is 285 Å². The molecule has 3 aliphatic rings. The number of pyridine rings is 2. The summed E-state index contributed by atoms with van der Waals surface area (Å²) in [7, 11) is 0. The fraction of sp³-hybridized carbons (Fsp3) is 0.536. The van der Waals surface area contributed by atoms with Crippen molar-refractivity contribution in [2.24, 2.45) is 0 Å². The van der Waals surface area contributed by atoms with Gasteiger partial charge in [0.05, 0.1) is 103 Å². The molecule has 94 heavy (non-hydrogen) atoms. The molecule has 0 radical (unpaired) electrons. The normalized spacial score (nSPS) is 15.3. The van der Waals surface area contributed by atoms with Crippen molar-refractivity contribution in [1.82, 2.24) is 50.0 Å². The molecule has 6 aromatic rings. The Kier molecular flexibility index (Phi) is 26.4. The third-order valence-electron chi connectivity index (χ3n) is 17.4.